The molecule has 2 aliphatic heterocycles. The summed E-state index contributed by atoms with van der Waals surface area (Å²) in [4.78, 5) is 19.0. The van der Waals surface area contributed by atoms with Crippen LogP contribution >= 0.6 is 11.3 Å². The van der Waals surface area contributed by atoms with E-state index in [1.54, 1.807) is 0 Å². The fourth-order valence-electron chi connectivity index (χ4n) is 3.56. The lowest BCUT2D eigenvalue weighted by Crippen LogP contribution is -2.38. The lowest BCUT2D eigenvalue weighted by Gasteiger charge is -2.34. The van der Waals surface area contributed by atoms with Gasteiger partial charge in [0.2, 0.25) is 0 Å². The SMILES string of the molecule is CC1CC(C)CN(Cc2csc(NC(=O)C3CCCO3)n2)C1. The zero-order valence-electron chi connectivity index (χ0n) is 13.4. The van der Waals surface area contributed by atoms with Crippen LogP contribution in [0.5, 0.6) is 0 Å². The molecule has 3 atom stereocenters. The summed E-state index contributed by atoms with van der Waals surface area (Å²) in [6, 6.07) is 0. The molecule has 0 aromatic carbocycles. The number of thiazole rings is 1. The summed E-state index contributed by atoms with van der Waals surface area (Å²) in [7, 11) is 0. The van der Waals surface area contributed by atoms with E-state index >= 15 is 0 Å². The number of carbonyl (C=O) groups excluding carboxylic acids is 1. The number of nitrogens with zero attached hydrogens (tertiary/aromatic N) is 2. The number of rotatable bonds is 4. The number of nitrogens with one attached hydrogen (secondary N) is 1. The molecular formula is C16H25N3O2S. The molecule has 0 spiro atoms. The topological polar surface area (TPSA) is 54.5 Å². The highest BCUT2D eigenvalue weighted by atomic mass is 32.1. The van der Waals surface area contributed by atoms with Crippen molar-refractivity contribution in [2.45, 2.75) is 45.8 Å². The van der Waals surface area contributed by atoms with Gasteiger partial charge in [-0.15, -0.1) is 11.3 Å². The maximum absolute atomic E-state index is 12.0. The number of hydrogen-bond donors (Lipinski definition) is 1. The highest BCUT2D eigenvalue weighted by Crippen LogP contribution is 2.24. The lowest BCUT2D eigenvalue weighted by atomic mass is 9.92. The largest absolute Gasteiger partial charge is 0.368 e. The van der Waals surface area contributed by atoms with Crippen LogP contribution < -0.4 is 5.32 Å². The number of aromatic nitrogens is 1. The number of amides is 1. The molecule has 1 amide bonds. The standard InChI is InChI=1S/C16H25N3O2S/c1-11-6-12(2)8-19(7-11)9-13-10-22-16(17-13)18-15(20)14-4-3-5-21-14/h10-12,14H,3-9H2,1-2H3,(H,17,18,20). The fraction of sp³-hybridized carbons (Fsp3) is 0.750. The van der Waals surface area contributed by atoms with Crippen LogP contribution in [0.25, 0.3) is 0 Å². The highest BCUT2D eigenvalue weighted by molar-refractivity contribution is 7.13. The van der Waals surface area contributed by atoms with E-state index in [-0.39, 0.29) is 12.0 Å². The third-order valence-corrected chi connectivity index (χ3v) is 5.14. The molecule has 1 N–H and O–H groups in total. The molecule has 2 saturated heterocycles. The summed E-state index contributed by atoms with van der Waals surface area (Å²) < 4.78 is 5.40. The van der Waals surface area contributed by atoms with Gasteiger partial charge < -0.3 is 4.74 Å². The van der Waals surface area contributed by atoms with E-state index in [0.717, 1.165) is 50.0 Å². The van der Waals surface area contributed by atoms with Gasteiger partial charge in [0.15, 0.2) is 5.13 Å². The summed E-state index contributed by atoms with van der Waals surface area (Å²) in [6.07, 6.45) is 2.80. The van der Waals surface area contributed by atoms with Crippen LogP contribution in [-0.4, -0.2) is 41.6 Å². The maximum Gasteiger partial charge on any atom is 0.255 e. The van der Waals surface area contributed by atoms with E-state index in [9.17, 15) is 4.79 Å². The van der Waals surface area contributed by atoms with Crippen molar-refractivity contribution in [1.82, 2.24) is 9.88 Å². The van der Waals surface area contributed by atoms with Crippen LogP contribution in [0.3, 0.4) is 0 Å². The molecule has 0 bridgehead atoms. The normalized spacial score (nSPS) is 29.6. The third kappa shape index (κ3) is 4.06. The van der Waals surface area contributed by atoms with Crippen molar-refractivity contribution in [3.05, 3.63) is 11.1 Å². The first-order valence-corrected chi connectivity index (χ1v) is 9.07. The van der Waals surface area contributed by atoms with Gasteiger partial charge in [-0.25, -0.2) is 4.98 Å². The Balaban J connectivity index is 1.53. The van der Waals surface area contributed by atoms with Crippen molar-refractivity contribution in [2.24, 2.45) is 11.8 Å². The van der Waals surface area contributed by atoms with Gasteiger partial charge in [0.05, 0.1) is 5.69 Å². The van der Waals surface area contributed by atoms with Crippen LogP contribution in [-0.2, 0) is 16.1 Å². The minimum Gasteiger partial charge on any atom is -0.368 e. The number of anilines is 1. The first kappa shape index (κ1) is 15.9. The van der Waals surface area contributed by atoms with Crippen molar-refractivity contribution < 1.29 is 9.53 Å². The van der Waals surface area contributed by atoms with Gasteiger partial charge in [0.25, 0.3) is 5.91 Å². The van der Waals surface area contributed by atoms with E-state index in [2.05, 4.69) is 34.4 Å². The molecule has 6 heteroatoms. The van der Waals surface area contributed by atoms with Crippen molar-refractivity contribution in [3.63, 3.8) is 0 Å². The Kier molecular flexibility index (Phi) is 5.10. The fourth-order valence-corrected chi connectivity index (χ4v) is 4.26. The molecule has 5 nitrogen and oxygen atoms in total. The summed E-state index contributed by atoms with van der Waals surface area (Å²) >= 11 is 1.50. The second kappa shape index (κ2) is 7.06. The molecule has 1 aromatic rings. The Morgan fingerprint density at radius 3 is 2.91 bits per heavy atom. The number of likely N-dealkylation sites (tertiary alicyclic amines) is 1. The van der Waals surface area contributed by atoms with Gasteiger partial charge in [-0.1, -0.05) is 13.8 Å². The minimum atomic E-state index is -0.295. The average molecular weight is 323 g/mol. The molecule has 2 fully saturated rings. The number of carbonyl (C=O) groups is 1. The predicted octanol–water partition coefficient (Wildman–Crippen LogP) is 2.74. The first-order chi connectivity index (χ1) is 10.6. The molecule has 3 rings (SSSR count). The van der Waals surface area contributed by atoms with E-state index in [1.165, 1.54) is 17.8 Å². The molecule has 1 aromatic heterocycles. The molecular weight excluding hydrogens is 298 g/mol. The molecule has 2 aliphatic rings. The van der Waals surface area contributed by atoms with Gasteiger partial charge in [-0.3, -0.25) is 15.0 Å². The van der Waals surface area contributed by atoms with E-state index < -0.39 is 0 Å². The molecule has 122 valence electrons. The number of ether oxygens (including phenoxy) is 1. The van der Waals surface area contributed by atoms with Gasteiger partial charge >= 0.3 is 0 Å². The zero-order valence-corrected chi connectivity index (χ0v) is 14.2. The van der Waals surface area contributed by atoms with Gasteiger partial charge in [-0.05, 0) is 31.1 Å². The Morgan fingerprint density at radius 1 is 1.45 bits per heavy atom. The second-order valence-corrected chi connectivity index (χ2v) is 7.63. The molecule has 3 heterocycles. The van der Waals surface area contributed by atoms with Crippen LogP contribution in [0.4, 0.5) is 5.13 Å². The van der Waals surface area contributed by atoms with Gasteiger partial charge in [0.1, 0.15) is 6.10 Å². The lowest BCUT2D eigenvalue weighted by molar-refractivity contribution is -0.124. The minimum absolute atomic E-state index is 0.0568. The molecule has 3 unspecified atom stereocenters. The van der Waals surface area contributed by atoms with Crippen molar-refractivity contribution in [3.8, 4) is 0 Å². The molecule has 0 radical (unpaired) electrons. The number of piperidine rings is 1. The van der Waals surface area contributed by atoms with Crippen LogP contribution in [0.1, 0.15) is 38.8 Å². The van der Waals surface area contributed by atoms with Gasteiger partial charge in [0, 0.05) is 31.6 Å². The summed E-state index contributed by atoms with van der Waals surface area (Å²) in [5.74, 6) is 1.45. The first-order valence-electron chi connectivity index (χ1n) is 8.19. The Hall–Kier alpha value is -0.980. The average Bonchev–Trinajstić information content (AvgIpc) is 3.09. The van der Waals surface area contributed by atoms with Crippen molar-refractivity contribution in [1.29, 1.82) is 0 Å². The highest BCUT2D eigenvalue weighted by Gasteiger charge is 2.25. The van der Waals surface area contributed by atoms with E-state index in [0.29, 0.717) is 11.7 Å². The zero-order chi connectivity index (χ0) is 15.5. The number of hydrogen-bond acceptors (Lipinski definition) is 5. The van der Waals surface area contributed by atoms with E-state index in [4.69, 9.17) is 4.74 Å². The summed E-state index contributed by atoms with van der Waals surface area (Å²) in [5.41, 5.74) is 1.05. The second-order valence-electron chi connectivity index (χ2n) is 6.78. The Labute approximate surface area is 136 Å². The molecule has 22 heavy (non-hydrogen) atoms. The monoisotopic (exact) mass is 323 g/mol. The van der Waals surface area contributed by atoms with Crippen LogP contribution in [0.2, 0.25) is 0 Å². The summed E-state index contributed by atoms with van der Waals surface area (Å²) in [6.45, 7) is 8.47. The third-order valence-electron chi connectivity index (χ3n) is 4.33. The van der Waals surface area contributed by atoms with Crippen molar-refractivity contribution in [2.75, 3.05) is 25.0 Å². The van der Waals surface area contributed by atoms with Gasteiger partial charge in [-0.2, -0.15) is 0 Å². The van der Waals surface area contributed by atoms with Crippen LogP contribution in [0.15, 0.2) is 5.38 Å². The summed E-state index contributed by atoms with van der Waals surface area (Å²) in [5, 5.41) is 5.62. The molecule has 0 saturated carbocycles. The van der Waals surface area contributed by atoms with Crippen LogP contribution in [0, 0.1) is 11.8 Å². The Bertz CT molecular complexity index is 503. The van der Waals surface area contributed by atoms with E-state index in [1.807, 2.05) is 0 Å². The quantitative estimate of drug-likeness (QED) is 0.926. The van der Waals surface area contributed by atoms with Crippen molar-refractivity contribution >= 4 is 22.4 Å². The molecule has 0 aliphatic carbocycles. The smallest absolute Gasteiger partial charge is 0.255 e. The Morgan fingerprint density at radius 2 is 2.23 bits per heavy atom. The predicted molar refractivity (Wildman–Crippen MR) is 87.9 cm³/mol. The maximum atomic E-state index is 12.0.